The number of imide groups is 1. The third-order valence-corrected chi connectivity index (χ3v) is 8.46. The van der Waals surface area contributed by atoms with Gasteiger partial charge in [-0.2, -0.15) is 0 Å². The van der Waals surface area contributed by atoms with Crippen molar-refractivity contribution in [3.8, 4) is 5.75 Å². The molecule has 1 fully saturated rings. The number of para-hydroxylation sites is 1. The molecule has 0 spiro atoms. The van der Waals surface area contributed by atoms with Gasteiger partial charge in [0, 0.05) is 11.6 Å². The Balaban J connectivity index is 1.68. The number of hydrogen-bond acceptors (Lipinski definition) is 6. The maximum atomic E-state index is 14.0. The van der Waals surface area contributed by atoms with E-state index in [0.29, 0.717) is 28.2 Å². The summed E-state index contributed by atoms with van der Waals surface area (Å²) in [5, 5.41) is 0.807. The fourth-order valence-electron chi connectivity index (χ4n) is 5.85. The van der Waals surface area contributed by atoms with E-state index in [1.54, 1.807) is 34.9 Å². The minimum absolute atomic E-state index is 0.145. The molecule has 0 bridgehead atoms. The highest BCUT2D eigenvalue weighted by molar-refractivity contribution is 6.31. The average Bonchev–Trinajstić information content (AvgIpc) is 3.30. The standard InChI is InChI=1S/C34H44ClN3O5/c1-4-6-8-10-11-13-17-24(16-12-9-7-5-2)23-37-31(36-27-19-15-14-18-26(27)32(37)39)30-33(40)38(34(41)43-30)28-22-25(35)20-21-29(28)42-3/h14-15,18-22,24,30H,4-13,16-17,23H2,1-3H3. The topological polar surface area (TPSA) is 90.7 Å². The summed E-state index contributed by atoms with van der Waals surface area (Å²) < 4.78 is 12.6. The number of rotatable bonds is 17. The van der Waals surface area contributed by atoms with Crippen LogP contribution in [0.25, 0.3) is 10.9 Å². The van der Waals surface area contributed by atoms with Crippen molar-refractivity contribution in [1.82, 2.24) is 9.55 Å². The lowest BCUT2D eigenvalue weighted by atomic mass is 9.94. The van der Waals surface area contributed by atoms with Gasteiger partial charge in [-0.3, -0.25) is 14.2 Å². The maximum absolute atomic E-state index is 14.0. The molecule has 4 rings (SSSR count). The van der Waals surface area contributed by atoms with E-state index in [0.717, 1.165) is 43.4 Å². The monoisotopic (exact) mass is 609 g/mol. The van der Waals surface area contributed by atoms with Crippen LogP contribution in [0, 0.1) is 5.92 Å². The van der Waals surface area contributed by atoms with E-state index in [1.807, 2.05) is 6.07 Å². The second kappa shape index (κ2) is 15.9. The molecule has 0 N–H and O–H groups in total. The quantitative estimate of drug-likeness (QED) is 0.142. The van der Waals surface area contributed by atoms with E-state index in [4.69, 9.17) is 26.1 Å². The number of hydrogen-bond donors (Lipinski definition) is 0. The summed E-state index contributed by atoms with van der Waals surface area (Å²) in [6, 6.07) is 11.8. The largest absolute Gasteiger partial charge is 0.495 e. The van der Waals surface area contributed by atoms with Crippen LogP contribution in [-0.2, 0) is 16.1 Å². The molecule has 0 saturated carbocycles. The Hall–Kier alpha value is -3.39. The van der Waals surface area contributed by atoms with Gasteiger partial charge >= 0.3 is 6.09 Å². The number of amides is 2. The Kier molecular flexibility index (Phi) is 12.0. The molecule has 2 aromatic carbocycles. The molecule has 2 atom stereocenters. The van der Waals surface area contributed by atoms with E-state index in [1.165, 1.54) is 51.7 Å². The molecule has 1 aliphatic heterocycles. The number of carbonyl (C=O) groups excluding carboxylic acids is 2. The van der Waals surface area contributed by atoms with Crippen LogP contribution in [0.5, 0.6) is 5.75 Å². The third kappa shape index (κ3) is 7.96. The second-order valence-electron chi connectivity index (χ2n) is 11.4. The molecule has 2 heterocycles. The molecule has 2 unspecified atom stereocenters. The molecule has 1 aliphatic rings. The normalized spacial score (nSPS) is 15.7. The van der Waals surface area contributed by atoms with Crippen molar-refractivity contribution in [2.45, 2.75) is 104 Å². The number of carbonyl (C=O) groups is 2. The number of fused-ring (bicyclic) bond motifs is 1. The highest BCUT2D eigenvalue weighted by Gasteiger charge is 2.46. The number of anilines is 1. The summed E-state index contributed by atoms with van der Waals surface area (Å²) in [6.07, 6.45) is 11.5. The van der Waals surface area contributed by atoms with Crippen LogP contribution in [0.3, 0.4) is 0 Å². The van der Waals surface area contributed by atoms with Crippen molar-refractivity contribution in [2.24, 2.45) is 5.92 Å². The summed E-state index contributed by atoms with van der Waals surface area (Å²) in [6.45, 7) is 4.83. The number of aromatic nitrogens is 2. The molecular weight excluding hydrogens is 566 g/mol. The van der Waals surface area contributed by atoms with Crippen molar-refractivity contribution in [3.05, 3.63) is 63.7 Å². The Labute approximate surface area is 259 Å². The fourth-order valence-corrected chi connectivity index (χ4v) is 6.02. The summed E-state index contributed by atoms with van der Waals surface area (Å²) in [4.78, 5) is 46.7. The predicted octanol–water partition coefficient (Wildman–Crippen LogP) is 8.62. The molecule has 3 aromatic rings. The van der Waals surface area contributed by atoms with Crippen LogP contribution in [0.15, 0.2) is 47.3 Å². The van der Waals surface area contributed by atoms with Crippen LogP contribution in [0.1, 0.15) is 103 Å². The average molecular weight is 610 g/mol. The molecule has 232 valence electrons. The van der Waals surface area contributed by atoms with E-state index in [9.17, 15) is 14.4 Å². The summed E-state index contributed by atoms with van der Waals surface area (Å²) >= 11 is 6.20. The number of methoxy groups -OCH3 is 1. The Morgan fingerprint density at radius 1 is 0.907 bits per heavy atom. The van der Waals surface area contributed by atoms with Gasteiger partial charge < -0.3 is 9.47 Å². The third-order valence-electron chi connectivity index (χ3n) is 8.23. The molecule has 0 aliphatic carbocycles. The zero-order chi connectivity index (χ0) is 30.8. The number of benzene rings is 2. The van der Waals surface area contributed by atoms with Crippen molar-refractivity contribution in [2.75, 3.05) is 12.0 Å². The number of nitrogens with zero attached hydrogens (tertiary/aromatic N) is 3. The molecule has 2 amide bonds. The van der Waals surface area contributed by atoms with E-state index < -0.39 is 18.1 Å². The first-order valence-electron chi connectivity index (χ1n) is 15.8. The summed E-state index contributed by atoms with van der Waals surface area (Å²) in [7, 11) is 1.45. The van der Waals surface area contributed by atoms with Crippen LogP contribution in [-0.4, -0.2) is 28.7 Å². The van der Waals surface area contributed by atoms with Gasteiger partial charge in [0.1, 0.15) is 5.75 Å². The zero-order valence-electron chi connectivity index (χ0n) is 25.6. The van der Waals surface area contributed by atoms with Gasteiger partial charge in [0.2, 0.25) is 6.10 Å². The first-order chi connectivity index (χ1) is 20.9. The highest BCUT2D eigenvalue weighted by atomic mass is 35.5. The van der Waals surface area contributed by atoms with Crippen molar-refractivity contribution < 1.29 is 19.1 Å². The van der Waals surface area contributed by atoms with Crippen LogP contribution in [0.2, 0.25) is 5.02 Å². The molecule has 0 radical (unpaired) electrons. The van der Waals surface area contributed by atoms with Crippen LogP contribution < -0.4 is 15.2 Å². The van der Waals surface area contributed by atoms with Gasteiger partial charge in [0.05, 0.1) is 23.7 Å². The lowest BCUT2D eigenvalue weighted by Gasteiger charge is -2.22. The van der Waals surface area contributed by atoms with Crippen molar-refractivity contribution in [3.63, 3.8) is 0 Å². The number of halogens is 1. The lowest BCUT2D eigenvalue weighted by molar-refractivity contribution is -0.122. The van der Waals surface area contributed by atoms with Crippen molar-refractivity contribution >= 4 is 40.2 Å². The summed E-state index contributed by atoms with van der Waals surface area (Å²) in [5.41, 5.74) is 0.403. The SMILES string of the molecule is CCCCCCCCC(CCCCCC)Cn1c(C2OC(=O)N(c3cc(Cl)ccc3OC)C2=O)nc2ccccc2c1=O. The minimum atomic E-state index is -1.37. The van der Waals surface area contributed by atoms with Crippen molar-refractivity contribution in [1.29, 1.82) is 0 Å². The van der Waals surface area contributed by atoms with Gasteiger partial charge in [0.15, 0.2) is 5.82 Å². The Morgan fingerprint density at radius 3 is 2.26 bits per heavy atom. The molecule has 9 heteroatoms. The van der Waals surface area contributed by atoms with Crippen LogP contribution >= 0.6 is 11.6 Å². The first kappa shape index (κ1) is 32.5. The number of unbranched alkanes of at least 4 members (excludes halogenated alkanes) is 8. The van der Waals surface area contributed by atoms with E-state index in [-0.39, 0.29) is 23.0 Å². The van der Waals surface area contributed by atoms with Crippen LogP contribution in [0.4, 0.5) is 10.5 Å². The van der Waals surface area contributed by atoms with Gasteiger partial charge in [-0.1, -0.05) is 102 Å². The van der Waals surface area contributed by atoms with Gasteiger partial charge in [0.25, 0.3) is 11.5 Å². The minimum Gasteiger partial charge on any atom is -0.495 e. The van der Waals surface area contributed by atoms with E-state index in [2.05, 4.69) is 13.8 Å². The molecule has 1 saturated heterocycles. The number of ether oxygens (including phenoxy) is 2. The predicted molar refractivity (Wildman–Crippen MR) is 171 cm³/mol. The fraction of sp³-hybridized carbons (Fsp3) is 0.529. The highest BCUT2D eigenvalue weighted by Crippen LogP contribution is 2.38. The van der Waals surface area contributed by atoms with Gasteiger partial charge in [-0.15, -0.1) is 0 Å². The molecule has 43 heavy (non-hydrogen) atoms. The molecular formula is C34H44ClN3O5. The summed E-state index contributed by atoms with van der Waals surface area (Å²) in [5.74, 6) is 0.0352. The molecule has 1 aromatic heterocycles. The smallest absolute Gasteiger partial charge is 0.422 e. The Bertz CT molecular complexity index is 1460. The number of cyclic esters (lactones) is 1. The molecule has 8 nitrogen and oxygen atoms in total. The zero-order valence-corrected chi connectivity index (χ0v) is 26.4. The first-order valence-corrected chi connectivity index (χ1v) is 16.1. The second-order valence-corrected chi connectivity index (χ2v) is 11.9. The Morgan fingerprint density at radius 2 is 1.56 bits per heavy atom. The van der Waals surface area contributed by atoms with Gasteiger partial charge in [-0.25, -0.2) is 14.7 Å². The lowest BCUT2D eigenvalue weighted by Crippen LogP contribution is -2.34. The van der Waals surface area contributed by atoms with E-state index >= 15 is 0 Å². The van der Waals surface area contributed by atoms with Gasteiger partial charge in [-0.05, 0) is 49.1 Å². The maximum Gasteiger partial charge on any atom is 0.422 e.